The van der Waals surface area contributed by atoms with Crippen LogP contribution in [0.25, 0.3) is 11.2 Å². The Balaban J connectivity index is 1.47. The van der Waals surface area contributed by atoms with Gasteiger partial charge in [-0.15, -0.1) is 0 Å². The van der Waals surface area contributed by atoms with Gasteiger partial charge < -0.3 is 14.5 Å². The lowest BCUT2D eigenvalue weighted by atomic mass is 10.1. The van der Waals surface area contributed by atoms with Crippen LogP contribution in [-0.2, 0) is 22.5 Å². The van der Waals surface area contributed by atoms with Crippen molar-refractivity contribution in [3.8, 4) is 0 Å². The van der Waals surface area contributed by atoms with E-state index in [2.05, 4.69) is 9.97 Å². The molecule has 1 aliphatic heterocycles. The summed E-state index contributed by atoms with van der Waals surface area (Å²) in [5.41, 5.74) is 0.887. The SMILES string of the molecule is COCCn1c(=O)c(C(=O)N2CCN(C(=O)Cc3ccc(F)cc3)CC2)nc2cccnc21. The molecule has 0 aliphatic carbocycles. The summed E-state index contributed by atoms with van der Waals surface area (Å²) in [6.07, 6.45) is 1.73. The van der Waals surface area contributed by atoms with Gasteiger partial charge in [-0.3, -0.25) is 19.0 Å². The molecule has 3 heterocycles. The first kappa shape index (κ1) is 22.5. The molecule has 1 aliphatic rings. The van der Waals surface area contributed by atoms with Gasteiger partial charge in [0.15, 0.2) is 11.3 Å². The molecule has 0 unspecified atom stereocenters. The molecule has 0 atom stereocenters. The summed E-state index contributed by atoms with van der Waals surface area (Å²) in [6, 6.07) is 9.22. The zero-order valence-corrected chi connectivity index (χ0v) is 18.2. The molecule has 2 amide bonds. The number of benzene rings is 1. The molecule has 10 heteroatoms. The average Bonchev–Trinajstić information content (AvgIpc) is 2.84. The van der Waals surface area contributed by atoms with Gasteiger partial charge in [-0.1, -0.05) is 12.1 Å². The molecular weight excluding hydrogens is 429 g/mol. The predicted molar refractivity (Wildman–Crippen MR) is 118 cm³/mol. The minimum absolute atomic E-state index is 0.0921. The molecule has 0 radical (unpaired) electrons. The van der Waals surface area contributed by atoms with Crippen LogP contribution in [0, 0.1) is 5.82 Å². The lowest BCUT2D eigenvalue weighted by molar-refractivity contribution is -0.131. The fourth-order valence-corrected chi connectivity index (χ4v) is 3.80. The molecule has 0 spiro atoms. The second-order valence-electron chi connectivity index (χ2n) is 7.73. The fourth-order valence-electron chi connectivity index (χ4n) is 3.80. The van der Waals surface area contributed by atoms with Gasteiger partial charge in [-0.25, -0.2) is 14.4 Å². The van der Waals surface area contributed by atoms with Crippen LogP contribution < -0.4 is 5.56 Å². The summed E-state index contributed by atoms with van der Waals surface area (Å²) in [7, 11) is 1.53. The number of piperazine rings is 1. The lowest BCUT2D eigenvalue weighted by Gasteiger charge is -2.34. The van der Waals surface area contributed by atoms with E-state index in [0.717, 1.165) is 5.56 Å². The smallest absolute Gasteiger partial charge is 0.283 e. The first-order valence-electron chi connectivity index (χ1n) is 10.6. The monoisotopic (exact) mass is 453 g/mol. The molecule has 172 valence electrons. The second kappa shape index (κ2) is 9.86. The normalized spacial score (nSPS) is 14.0. The average molecular weight is 453 g/mol. The third-order valence-electron chi connectivity index (χ3n) is 5.61. The Kier molecular flexibility index (Phi) is 6.74. The van der Waals surface area contributed by atoms with Crippen LogP contribution in [0.3, 0.4) is 0 Å². The van der Waals surface area contributed by atoms with E-state index < -0.39 is 11.5 Å². The number of aromatic nitrogens is 3. The molecule has 2 aromatic heterocycles. The Morgan fingerprint density at radius 2 is 1.76 bits per heavy atom. The second-order valence-corrected chi connectivity index (χ2v) is 7.73. The highest BCUT2D eigenvalue weighted by Gasteiger charge is 2.28. The maximum atomic E-state index is 13.1. The van der Waals surface area contributed by atoms with Crippen LogP contribution >= 0.6 is 0 Å². The number of halogens is 1. The zero-order valence-electron chi connectivity index (χ0n) is 18.2. The van der Waals surface area contributed by atoms with E-state index in [4.69, 9.17) is 4.74 Å². The minimum Gasteiger partial charge on any atom is -0.383 e. The number of carbonyl (C=O) groups is 2. The van der Waals surface area contributed by atoms with Crippen molar-refractivity contribution in [3.63, 3.8) is 0 Å². The van der Waals surface area contributed by atoms with Gasteiger partial charge >= 0.3 is 0 Å². The summed E-state index contributed by atoms with van der Waals surface area (Å²) >= 11 is 0. The third kappa shape index (κ3) is 4.90. The van der Waals surface area contributed by atoms with Crippen molar-refractivity contribution < 1.29 is 18.7 Å². The molecule has 3 aromatic rings. The van der Waals surface area contributed by atoms with E-state index in [9.17, 15) is 18.8 Å². The van der Waals surface area contributed by atoms with E-state index in [1.807, 2.05) is 0 Å². The highest BCUT2D eigenvalue weighted by Crippen LogP contribution is 2.12. The van der Waals surface area contributed by atoms with E-state index >= 15 is 0 Å². The number of ether oxygens (including phenoxy) is 1. The lowest BCUT2D eigenvalue weighted by Crippen LogP contribution is -2.52. The van der Waals surface area contributed by atoms with Crippen LogP contribution in [0.4, 0.5) is 4.39 Å². The number of hydrogen-bond donors (Lipinski definition) is 0. The van der Waals surface area contributed by atoms with Crippen molar-refractivity contribution in [2.75, 3.05) is 39.9 Å². The van der Waals surface area contributed by atoms with Crippen molar-refractivity contribution >= 4 is 23.0 Å². The number of pyridine rings is 1. The number of carbonyl (C=O) groups excluding carboxylic acids is 2. The van der Waals surface area contributed by atoms with E-state index in [1.54, 1.807) is 35.4 Å². The molecule has 1 aromatic carbocycles. The van der Waals surface area contributed by atoms with Crippen LogP contribution in [0.15, 0.2) is 47.4 Å². The van der Waals surface area contributed by atoms with Gasteiger partial charge in [0.2, 0.25) is 5.91 Å². The van der Waals surface area contributed by atoms with Crippen LogP contribution in [-0.4, -0.2) is 76.0 Å². The Labute approximate surface area is 189 Å². The highest BCUT2D eigenvalue weighted by molar-refractivity contribution is 5.93. The summed E-state index contributed by atoms with van der Waals surface area (Å²) in [5, 5.41) is 0. The van der Waals surface area contributed by atoms with Gasteiger partial charge in [0.1, 0.15) is 11.3 Å². The van der Waals surface area contributed by atoms with Crippen molar-refractivity contribution in [1.82, 2.24) is 24.3 Å². The molecule has 1 saturated heterocycles. The quantitative estimate of drug-likeness (QED) is 0.555. The number of hydrogen-bond acceptors (Lipinski definition) is 6. The Bertz CT molecular complexity index is 1220. The summed E-state index contributed by atoms with van der Waals surface area (Å²) in [6.45, 7) is 1.81. The van der Waals surface area contributed by atoms with Gasteiger partial charge in [0.25, 0.3) is 11.5 Å². The van der Waals surface area contributed by atoms with E-state index in [0.29, 0.717) is 24.3 Å². The molecule has 4 rings (SSSR count). The minimum atomic E-state index is -0.516. The zero-order chi connectivity index (χ0) is 23.4. The van der Waals surface area contributed by atoms with Gasteiger partial charge in [0, 0.05) is 39.5 Å². The van der Waals surface area contributed by atoms with Gasteiger partial charge in [0.05, 0.1) is 19.6 Å². The topological polar surface area (TPSA) is 97.6 Å². The number of amides is 2. The molecule has 0 saturated carbocycles. The number of rotatable bonds is 6. The Morgan fingerprint density at radius 1 is 1.06 bits per heavy atom. The molecule has 1 fully saturated rings. The number of fused-ring (bicyclic) bond motifs is 1. The van der Waals surface area contributed by atoms with Crippen LogP contribution in [0.5, 0.6) is 0 Å². The molecule has 0 N–H and O–H groups in total. The molecule has 9 nitrogen and oxygen atoms in total. The van der Waals surface area contributed by atoms with Crippen molar-refractivity contribution in [2.24, 2.45) is 0 Å². The van der Waals surface area contributed by atoms with Gasteiger partial charge in [-0.05, 0) is 29.8 Å². The third-order valence-corrected chi connectivity index (χ3v) is 5.61. The summed E-state index contributed by atoms with van der Waals surface area (Å²) in [5.74, 6) is -0.911. The van der Waals surface area contributed by atoms with Crippen LogP contribution in [0.2, 0.25) is 0 Å². The van der Waals surface area contributed by atoms with Crippen molar-refractivity contribution in [3.05, 3.63) is 70.0 Å². The maximum absolute atomic E-state index is 13.1. The first-order chi connectivity index (χ1) is 16.0. The fraction of sp³-hybridized carbons (Fsp3) is 0.348. The van der Waals surface area contributed by atoms with Crippen molar-refractivity contribution in [2.45, 2.75) is 13.0 Å². The number of methoxy groups -OCH3 is 1. The van der Waals surface area contributed by atoms with Crippen LogP contribution in [0.1, 0.15) is 16.1 Å². The standard InChI is InChI=1S/C23H24FN5O4/c1-33-14-13-29-21-18(3-2-8-25-21)26-20(23(29)32)22(31)28-11-9-27(10-12-28)19(30)15-16-4-6-17(24)7-5-16/h2-8H,9-15H2,1H3. The molecule has 33 heavy (non-hydrogen) atoms. The Morgan fingerprint density at radius 3 is 2.45 bits per heavy atom. The first-order valence-corrected chi connectivity index (χ1v) is 10.6. The Hall–Kier alpha value is -3.66. The summed E-state index contributed by atoms with van der Waals surface area (Å²) in [4.78, 5) is 50.5. The molecular formula is C23H24FN5O4. The van der Waals surface area contributed by atoms with E-state index in [1.165, 1.54) is 28.7 Å². The predicted octanol–water partition coefficient (Wildman–Crippen LogP) is 1.10. The largest absolute Gasteiger partial charge is 0.383 e. The van der Waals surface area contributed by atoms with Crippen molar-refractivity contribution in [1.29, 1.82) is 0 Å². The summed E-state index contributed by atoms with van der Waals surface area (Å²) < 4.78 is 19.6. The highest BCUT2D eigenvalue weighted by atomic mass is 19.1. The maximum Gasteiger partial charge on any atom is 0.283 e. The van der Waals surface area contributed by atoms with Gasteiger partial charge in [-0.2, -0.15) is 0 Å². The van der Waals surface area contributed by atoms with E-state index in [-0.39, 0.29) is 50.1 Å². The number of nitrogens with zero attached hydrogens (tertiary/aromatic N) is 5. The molecule has 0 bridgehead atoms.